The van der Waals surface area contributed by atoms with Crippen LogP contribution in [0.2, 0.25) is 0 Å². The van der Waals surface area contributed by atoms with Crippen LogP contribution in [-0.4, -0.2) is 21.1 Å². The minimum atomic E-state index is -0.329. The second kappa shape index (κ2) is 4.62. The summed E-state index contributed by atoms with van der Waals surface area (Å²) in [6.07, 6.45) is 3.75. The number of thiocarbonyl (C=S) groups is 1. The molecule has 0 atom stereocenters. The fourth-order valence-electron chi connectivity index (χ4n) is 2.36. The minimum absolute atomic E-state index is 0.211. The van der Waals surface area contributed by atoms with E-state index in [4.69, 9.17) is 18.0 Å². The Morgan fingerprint density at radius 1 is 1.37 bits per heavy atom. The number of hydrogen-bond donors (Lipinski definition) is 1. The van der Waals surface area contributed by atoms with E-state index in [1.807, 2.05) is 6.20 Å². The standard InChI is InChI=1S/C13H13FN4S/c14-9-1-2-11(10(7-9)13(15)19)18-6-5-17-4-3-16-12(17)8-18/h1-4,7H,5-6,8H2,(H2,15,19). The molecule has 0 spiro atoms. The van der Waals surface area contributed by atoms with Crippen molar-refractivity contribution in [3.63, 3.8) is 0 Å². The normalized spacial score (nSPS) is 14.3. The van der Waals surface area contributed by atoms with Crippen LogP contribution in [-0.2, 0) is 13.1 Å². The van der Waals surface area contributed by atoms with Gasteiger partial charge in [-0.15, -0.1) is 0 Å². The van der Waals surface area contributed by atoms with Gasteiger partial charge >= 0.3 is 0 Å². The lowest BCUT2D eigenvalue weighted by Crippen LogP contribution is -2.35. The lowest BCUT2D eigenvalue weighted by molar-refractivity contribution is 0.559. The molecule has 2 heterocycles. The summed E-state index contributed by atoms with van der Waals surface area (Å²) in [5.41, 5.74) is 7.12. The van der Waals surface area contributed by atoms with Crippen LogP contribution in [0.25, 0.3) is 0 Å². The maximum Gasteiger partial charge on any atom is 0.128 e. The molecule has 0 radical (unpaired) electrons. The summed E-state index contributed by atoms with van der Waals surface area (Å²) < 4.78 is 15.4. The number of nitrogens with zero attached hydrogens (tertiary/aromatic N) is 3. The first kappa shape index (κ1) is 12.1. The van der Waals surface area contributed by atoms with Gasteiger partial charge in [0.1, 0.15) is 16.6 Å². The van der Waals surface area contributed by atoms with E-state index >= 15 is 0 Å². The number of nitrogens with two attached hydrogens (primary N) is 1. The second-order valence-electron chi connectivity index (χ2n) is 4.48. The molecule has 0 amide bonds. The van der Waals surface area contributed by atoms with Crippen LogP contribution in [0.4, 0.5) is 10.1 Å². The first-order chi connectivity index (χ1) is 9.15. The molecule has 3 rings (SSSR count). The van der Waals surface area contributed by atoms with Gasteiger partial charge in [-0.3, -0.25) is 0 Å². The molecule has 6 heteroatoms. The number of halogens is 1. The van der Waals surface area contributed by atoms with Crippen molar-refractivity contribution in [2.24, 2.45) is 5.73 Å². The van der Waals surface area contributed by atoms with Gasteiger partial charge in [-0.1, -0.05) is 12.2 Å². The van der Waals surface area contributed by atoms with E-state index in [2.05, 4.69) is 14.5 Å². The Bertz CT molecular complexity index is 637. The smallest absolute Gasteiger partial charge is 0.128 e. The van der Waals surface area contributed by atoms with Gasteiger partial charge in [0.15, 0.2) is 0 Å². The quantitative estimate of drug-likeness (QED) is 0.848. The summed E-state index contributed by atoms with van der Waals surface area (Å²) in [6, 6.07) is 4.54. The highest BCUT2D eigenvalue weighted by Crippen LogP contribution is 2.25. The molecular weight excluding hydrogens is 263 g/mol. The molecule has 0 saturated carbocycles. The third-order valence-electron chi connectivity index (χ3n) is 3.31. The zero-order chi connectivity index (χ0) is 13.4. The van der Waals surface area contributed by atoms with E-state index in [-0.39, 0.29) is 10.8 Å². The van der Waals surface area contributed by atoms with E-state index < -0.39 is 0 Å². The maximum absolute atomic E-state index is 13.3. The Kier molecular flexibility index (Phi) is 2.94. The van der Waals surface area contributed by atoms with Crippen molar-refractivity contribution in [2.75, 3.05) is 11.4 Å². The predicted molar refractivity (Wildman–Crippen MR) is 75.6 cm³/mol. The molecule has 4 nitrogen and oxygen atoms in total. The van der Waals surface area contributed by atoms with Crippen molar-refractivity contribution in [1.82, 2.24) is 9.55 Å². The van der Waals surface area contributed by atoms with Gasteiger partial charge < -0.3 is 15.2 Å². The van der Waals surface area contributed by atoms with Crippen LogP contribution in [0.15, 0.2) is 30.6 Å². The first-order valence-electron chi connectivity index (χ1n) is 5.99. The summed E-state index contributed by atoms with van der Waals surface area (Å²) in [7, 11) is 0. The van der Waals surface area contributed by atoms with Gasteiger partial charge in [0.2, 0.25) is 0 Å². The van der Waals surface area contributed by atoms with Crippen LogP contribution in [0, 0.1) is 5.82 Å². The number of anilines is 1. The van der Waals surface area contributed by atoms with Gasteiger partial charge in [0, 0.05) is 36.7 Å². The Labute approximate surface area is 115 Å². The number of imidazole rings is 1. The van der Waals surface area contributed by atoms with Crippen molar-refractivity contribution in [3.05, 3.63) is 47.8 Å². The summed E-state index contributed by atoms with van der Waals surface area (Å²) >= 11 is 5.00. The monoisotopic (exact) mass is 276 g/mol. The molecule has 1 aliphatic heterocycles. The van der Waals surface area contributed by atoms with Gasteiger partial charge in [-0.2, -0.15) is 0 Å². The van der Waals surface area contributed by atoms with Gasteiger partial charge in [0.25, 0.3) is 0 Å². The summed E-state index contributed by atoms with van der Waals surface area (Å²) in [5.74, 6) is 0.662. The molecule has 1 aliphatic rings. The fourth-order valence-corrected chi connectivity index (χ4v) is 2.52. The Morgan fingerprint density at radius 2 is 2.21 bits per heavy atom. The Hall–Kier alpha value is -1.95. The van der Waals surface area contributed by atoms with Gasteiger partial charge in [-0.25, -0.2) is 9.37 Å². The molecule has 2 aromatic rings. The van der Waals surface area contributed by atoms with Crippen LogP contribution in [0.3, 0.4) is 0 Å². The third kappa shape index (κ3) is 2.19. The minimum Gasteiger partial charge on any atom is -0.389 e. The predicted octanol–water partition coefficient (Wildman–Crippen LogP) is 1.68. The van der Waals surface area contributed by atoms with Crippen molar-refractivity contribution in [3.8, 4) is 0 Å². The zero-order valence-corrected chi connectivity index (χ0v) is 11.0. The van der Waals surface area contributed by atoms with Crippen LogP contribution in [0.1, 0.15) is 11.4 Å². The van der Waals surface area contributed by atoms with Crippen LogP contribution in [0.5, 0.6) is 0 Å². The highest BCUT2D eigenvalue weighted by atomic mass is 32.1. The van der Waals surface area contributed by atoms with Crippen LogP contribution < -0.4 is 10.6 Å². The van der Waals surface area contributed by atoms with E-state index in [0.29, 0.717) is 12.1 Å². The summed E-state index contributed by atoms with van der Waals surface area (Å²) in [4.78, 5) is 6.64. The number of hydrogen-bond acceptors (Lipinski definition) is 3. The maximum atomic E-state index is 13.3. The average Bonchev–Trinajstić information content (AvgIpc) is 2.85. The molecule has 0 bridgehead atoms. The van der Waals surface area contributed by atoms with Gasteiger partial charge in [0.05, 0.1) is 6.54 Å². The summed E-state index contributed by atoms with van der Waals surface area (Å²) in [5, 5.41) is 0. The molecular formula is C13H13FN4S. The Morgan fingerprint density at radius 3 is 3.00 bits per heavy atom. The molecule has 98 valence electrons. The summed E-state index contributed by atoms with van der Waals surface area (Å²) in [6.45, 7) is 2.35. The number of fused-ring (bicyclic) bond motifs is 1. The molecule has 0 fully saturated rings. The number of aromatic nitrogens is 2. The Balaban J connectivity index is 1.98. The molecule has 1 aromatic carbocycles. The second-order valence-corrected chi connectivity index (χ2v) is 4.92. The van der Waals surface area contributed by atoms with E-state index in [1.54, 1.807) is 12.3 Å². The largest absolute Gasteiger partial charge is 0.389 e. The third-order valence-corrected chi connectivity index (χ3v) is 3.53. The lowest BCUT2D eigenvalue weighted by atomic mass is 10.1. The fraction of sp³-hybridized carbons (Fsp3) is 0.231. The molecule has 0 unspecified atom stereocenters. The molecule has 1 aromatic heterocycles. The van der Waals surface area contributed by atoms with E-state index in [9.17, 15) is 4.39 Å². The molecule has 19 heavy (non-hydrogen) atoms. The van der Waals surface area contributed by atoms with E-state index in [1.165, 1.54) is 12.1 Å². The topological polar surface area (TPSA) is 47.1 Å². The van der Waals surface area contributed by atoms with E-state index in [0.717, 1.165) is 24.6 Å². The highest BCUT2D eigenvalue weighted by molar-refractivity contribution is 7.80. The molecule has 0 aliphatic carbocycles. The number of benzene rings is 1. The molecule has 2 N–H and O–H groups in total. The average molecular weight is 276 g/mol. The molecule has 0 saturated heterocycles. The SMILES string of the molecule is NC(=S)c1cc(F)ccc1N1CCn2ccnc2C1. The van der Waals surface area contributed by atoms with Crippen molar-refractivity contribution >= 4 is 22.9 Å². The number of rotatable bonds is 2. The zero-order valence-electron chi connectivity index (χ0n) is 10.2. The van der Waals surface area contributed by atoms with Crippen molar-refractivity contribution in [2.45, 2.75) is 13.1 Å². The first-order valence-corrected chi connectivity index (χ1v) is 6.40. The van der Waals surface area contributed by atoms with Crippen molar-refractivity contribution in [1.29, 1.82) is 0 Å². The van der Waals surface area contributed by atoms with Crippen molar-refractivity contribution < 1.29 is 4.39 Å². The van der Waals surface area contributed by atoms with Gasteiger partial charge in [-0.05, 0) is 18.2 Å². The van der Waals surface area contributed by atoms with Crippen LogP contribution >= 0.6 is 12.2 Å². The lowest BCUT2D eigenvalue weighted by Gasteiger charge is -2.31. The highest BCUT2D eigenvalue weighted by Gasteiger charge is 2.20.